The first-order chi connectivity index (χ1) is 4.33. The molecule has 0 amide bonds. The summed E-state index contributed by atoms with van der Waals surface area (Å²) < 4.78 is 0. The van der Waals surface area contributed by atoms with Crippen LogP contribution in [0.4, 0.5) is 0 Å². The molecule has 0 saturated carbocycles. The smallest absolute Gasteiger partial charge is 0.155 e. The van der Waals surface area contributed by atoms with Crippen LogP contribution in [0.3, 0.4) is 0 Å². The predicted octanol–water partition coefficient (Wildman–Crippen LogP) is 1.85. The van der Waals surface area contributed by atoms with Crippen molar-refractivity contribution in [3.05, 3.63) is 24.3 Å². The van der Waals surface area contributed by atoms with Gasteiger partial charge in [-0.3, -0.25) is 4.79 Å². The van der Waals surface area contributed by atoms with Crippen molar-refractivity contribution in [3.63, 3.8) is 0 Å². The highest BCUT2D eigenvalue weighted by Gasteiger charge is 2.05. The van der Waals surface area contributed by atoms with E-state index in [0.29, 0.717) is 0 Å². The van der Waals surface area contributed by atoms with Crippen LogP contribution in [0.15, 0.2) is 24.3 Å². The fourth-order valence-electron chi connectivity index (χ4n) is 0.979. The molecule has 0 atom stereocenters. The van der Waals surface area contributed by atoms with Crippen LogP contribution >= 0.6 is 0 Å². The van der Waals surface area contributed by atoms with Gasteiger partial charge in [0.2, 0.25) is 0 Å². The van der Waals surface area contributed by atoms with Gasteiger partial charge in [0, 0.05) is 6.42 Å². The van der Waals surface area contributed by atoms with Gasteiger partial charge in [-0.1, -0.05) is 12.7 Å². The Bertz CT molecular complexity index is 165. The maximum absolute atomic E-state index is 10.7. The molecule has 48 valence electrons. The molecule has 0 aromatic heterocycles. The van der Waals surface area contributed by atoms with Gasteiger partial charge in [0.1, 0.15) is 0 Å². The summed E-state index contributed by atoms with van der Waals surface area (Å²) in [6.45, 7) is 3.60. The Morgan fingerprint density at radius 1 is 1.56 bits per heavy atom. The number of carbonyl (C=O) groups is 1. The van der Waals surface area contributed by atoms with E-state index >= 15 is 0 Å². The topological polar surface area (TPSA) is 17.1 Å². The lowest BCUT2D eigenvalue weighted by molar-refractivity contribution is -0.115. The maximum Gasteiger partial charge on any atom is 0.155 e. The van der Waals surface area contributed by atoms with Crippen LogP contribution in [0.5, 0.6) is 0 Å². The quantitative estimate of drug-likeness (QED) is 0.518. The highest BCUT2D eigenvalue weighted by molar-refractivity contribution is 5.91. The average molecular weight is 122 g/mol. The van der Waals surface area contributed by atoms with Crippen molar-refractivity contribution in [3.8, 4) is 0 Å². The van der Waals surface area contributed by atoms with Gasteiger partial charge < -0.3 is 0 Å². The van der Waals surface area contributed by atoms with E-state index in [1.807, 2.05) is 0 Å². The zero-order chi connectivity index (χ0) is 6.69. The van der Waals surface area contributed by atoms with Crippen LogP contribution in [-0.4, -0.2) is 5.78 Å². The Kier molecular flexibility index (Phi) is 1.83. The number of carbonyl (C=O) groups excluding carboxylic acids is 1. The number of allylic oxidation sites excluding steroid dienone is 3. The third kappa shape index (κ3) is 1.53. The summed E-state index contributed by atoms with van der Waals surface area (Å²) in [6.07, 6.45) is 6.19. The maximum atomic E-state index is 10.7. The van der Waals surface area contributed by atoms with E-state index < -0.39 is 0 Å². The normalized spacial score (nSPS) is 19.1. The Morgan fingerprint density at radius 2 is 2.33 bits per heavy atom. The van der Waals surface area contributed by atoms with Crippen molar-refractivity contribution >= 4 is 5.78 Å². The highest BCUT2D eigenvalue weighted by Crippen LogP contribution is 2.14. The van der Waals surface area contributed by atoms with Gasteiger partial charge >= 0.3 is 0 Å². The molecular weight excluding hydrogens is 112 g/mol. The minimum atomic E-state index is 0.246. The Morgan fingerprint density at radius 3 is 2.78 bits per heavy atom. The van der Waals surface area contributed by atoms with E-state index in [1.165, 1.54) is 0 Å². The SMILES string of the molecule is C=CC1=CC(=O)CCC1. The Labute approximate surface area is 55.1 Å². The summed E-state index contributed by atoms with van der Waals surface area (Å²) in [5, 5.41) is 0. The number of ketones is 1. The molecule has 9 heavy (non-hydrogen) atoms. The van der Waals surface area contributed by atoms with E-state index in [1.54, 1.807) is 12.2 Å². The van der Waals surface area contributed by atoms with Gasteiger partial charge in [0.05, 0.1) is 0 Å². The van der Waals surface area contributed by atoms with E-state index in [4.69, 9.17) is 0 Å². The molecule has 0 radical (unpaired) electrons. The van der Waals surface area contributed by atoms with Gasteiger partial charge in [0.15, 0.2) is 5.78 Å². The summed E-state index contributed by atoms with van der Waals surface area (Å²) in [5.41, 5.74) is 1.09. The lowest BCUT2D eigenvalue weighted by atomic mass is 9.99. The molecule has 1 aliphatic rings. The first-order valence-electron chi connectivity index (χ1n) is 3.19. The minimum Gasteiger partial charge on any atom is -0.295 e. The molecule has 1 aliphatic carbocycles. The van der Waals surface area contributed by atoms with Crippen LogP contribution in [0.25, 0.3) is 0 Å². The van der Waals surface area contributed by atoms with Crippen molar-refractivity contribution in [1.29, 1.82) is 0 Å². The predicted molar refractivity (Wildman–Crippen MR) is 37.1 cm³/mol. The molecule has 0 saturated heterocycles. The van der Waals surface area contributed by atoms with Gasteiger partial charge in [-0.05, 0) is 24.5 Å². The van der Waals surface area contributed by atoms with E-state index in [0.717, 1.165) is 24.8 Å². The van der Waals surface area contributed by atoms with Crippen LogP contribution in [0, 0.1) is 0 Å². The summed E-state index contributed by atoms with van der Waals surface area (Å²) in [5.74, 6) is 0.246. The Balaban J connectivity index is 2.70. The largest absolute Gasteiger partial charge is 0.295 e. The fraction of sp³-hybridized carbons (Fsp3) is 0.375. The van der Waals surface area contributed by atoms with Crippen molar-refractivity contribution in [2.45, 2.75) is 19.3 Å². The van der Waals surface area contributed by atoms with Gasteiger partial charge in [-0.2, -0.15) is 0 Å². The van der Waals surface area contributed by atoms with Gasteiger partial charge in [0.25, 0.3) is 0 Å². The second kappa shape index (κ2) is 2.62. The van der Waals surface area contributed by atoms with Crippen molar-refractivity contribution in [2.75, 3.05) is 0 Å². The Hall–Kier alpha value is -0.850. The van der Waals surface area contributed by atoms with E-state index in [-0.39, 0.29) is 5.78 Å². The first kappa shape index (κ1) is 6.27. The van der Waals surface area contributed by atoms with Crippen LogP contribution < -0.4 is 0 Å². The molecular formula is C8H10O. The van der Waals surface area contributed by atoms with Crippen LogP contribution in [0.1, 0.15) is 19.3 Å². The molecule has 0 unspecified atom stereocenters. The molecule has 0 bridgehead atoms. The summed E-state index contributed by atoms with van der Waals surface area (Å²) in [6, 6.07) is 0. The van der Waals surface area contributed by atoms with Crippen molar-refractivity contribution in [1.82, 2.24) is 0 Å². The summed E-state index contributed by atoms with van der Waals surface area (Å²) in [7, 11) is 0. The van der Waals surface area contributed by atoms with Crippen LogP contribution in [-0.2, 0) is 4.79 Å². The number of hydrogen-bond donors (Lipinski definition) is 0. The standard InChI is InChI=1S/C8H10O/c1-2-7-4-3-5-8(9)6-7/h2,6H,1,3-5H2. The highest BCUT2D eigenvalue weighted by atomic mass is 16.1. The van der Waals surface area contributed by atoms with E-state index in [9.17, 15) is 4.79 Å². The van der Waals surface area contributed by atoms with Gasteiger partial charge in [-0.25, -0.2) is 0 Å². The molecule has 0 heterocycles. The number of rotatable bonds is 1. The molecule has 1 rings (SSSR count). The molecule has 1 nitrogen and oxygen atoms in total. The second-order valence-corrected chi connectivity index (χ2v) is 2.24. The molecule has 0 N–H and O–H groups in total. The monoisotopic (exact) mass is 122 g/mol. The number of hydrogen-bond acceptors (Lipinski definition) is 1. The summed E-state index contributed by atoms with van der Waals surface area (Å²) >= 11 is 0. The average Bonchev–Trinajstić information content (AvgIpc) is 1.88. The van der Waals surface area contributed by atoms with E-state index in [2.05, 4.69) is 6.58 Å². The lowest BCUT2D eigenvalue weighted by Gasteiger charge is -2.05. The molecule has 0 fully saturated rings. The molecule has 0 aliphatic heterocycles. The third-order valence-corrected chi connectivity index (χ3v) is 1.50. The fourth-order valence-corrected chi connectivity index (χ4v) is 0.979. The lowest BCUT2D eigenvalue weighted by Crippen LogP contribution is -2.00. The molecule has 0 aromatic rings. The summed E-state index contributed by atoms with van der Waals surface area (Å²) in [4.78, 5) is 10.7. The zero-order valence-electron chi connectivity index (χ0n) is 5.39. The molecule has 0 spiro atoms. The first-order valence-corrected chi connectivity index (χ1v) is 3.19. The second-order valence-electron chi connectivity index (χ2n) is 2.24. The molecule has 0 aromatic carbocycles. The zero-order valence-corrected chi connectivity index (χ0v) is 5.39. The third-order valence-electron chi connectivity index (χ3n) is 1.50. The van der Waals surface area contributed by atoms with Crippen molar-refractivity contribution < 1.29 is 4.79 Å². The van der Waals surface area contributed by atoms with Crippen LogP contribution in [0.2, 0.25) is 0 Å². The van der Waals surface area contributed by atoms with Crippen molar-refractivity contribution in [2.24, 2.45) is 0 Å². The minimum absolute atomic E-state index is 0.246. The molecule has 1 heteroatoms. The van der Waals surface area contributed by atoms with Gasteiger partial charge in [-0.15, -0.1) is 0 Å².